The van der Waals surface area contributed by atoms with Crippen LogP contribution in [-0.2, 0) is 7.05 Å². The topological polar surface area (TPSA) is 33.1 Å². The van der Waals surface area contributed by atoms with E-state index in [-0.39, 0.29) is 12.1 Å². The summed E-state index contributed by atoms with van der Waals surface area (Å²) in [6, 6.07) is 16.7. The lowest BCUT2D eigenvalue weighted by molar-refractivity contribution is 0.539. The lowest BCUT2D eigenvalue weighted by atomic mass is 10.0. The molecule has 27 heavy (non-hydrogen) atoms. The second kappa shape index (κ2) is 7.09. The Bertz CT molecular complexity index is 999. The second-order valence-corrected chi connectivity index (χ2v) is 8.13. The third-order valence-electron chi connectivity index (χ3n) is 5.23. The quantitative estimate of drug-likeness (QED) is 0.582. The zero-order valence-electron chi connectivity index (χ0n) is 15.5. The molecule has 1 saturated heterocycles. The molecule has 1 aliphatic rings. The smallest absolute Gasteiger partial charge is 0.174 e. The minimum absolute atomic E-state index is 0.0179. The highest BCUT2D eigenvalue weighted by molar-refractivity contribution is 9.10. The summed E-state index contributed by atoms with van der Waals surface area (Å²) < 4.78 is 3.33. The van der Waals surface area contributed by atoms with Crippen LogP contribution in [0.4, 0.5) is 5.69 Å². The Hall–Kier alpha value is -2.18. The maximum Gasteiger partial charge on any atom is 0.174 e. The molecule has 0 aliphatic carbocycles. The summed E-state index contributed by atoms with van der Waals surface area (Å²) in [6.07, 6.45) is 1.83. The van der Waals surface area contributed by atoms with E-state index < -0.39 is 0 Å². The van der Waals surface area contributed by atoms with Crippen LogP contribution in [0.3, 0.4) is 0 Å². The first kappa shape index (κ1) is 18.2. The van der Waals surface area contributed by atoms with Gasteiger partial charge < -0.3 is 14.8 Å². The number of nitrogens with one attached hydrogen (secondary N) is 1. The van der Waals surface area contributed by atoms with E-state index in [1.165, 1.54) is 17.0 Å². The molecule has 0 amide bonds. The van der Waals surface area contributed by atoms with Gasteiger partial charge in [0.25, 0.3) is 0 Å². The van der Waals surface area contributed by atoms with Crippen LogP contribution in [0.25, 0.3) is 0 Å². The molecule has 3 heterocycles. The van der Waals surface area contributed by atoms with E-state index in [4.69, 9.17) is 12.2 Å². The van der Waals surface area contributed by atoms with Gasteiger partial charge in [-0.1, -0.05) is 22.0 Å². The van der Waals surface area contributed by atoms with E-state index in [0.717, 1.165) is 21.0 Å². The summed E-state index contributed by atoms with van der Waals surface area (Å²) in [5, 5.41) is 4.23. The second-order valence-electron chi connectivity index (χ2n) is 6.89. The van der Waals surface area contributed by atoms with Crippen molar-refractivity contribution < 1.29 is 0 Å². The van der Waals surface area contributed by atoms with Gasteiger partial charge in [-0.2, -0.15) is 0 Å². The Kier molecular flexibility index (Phi) is 4.78. The predicted molar refractivity (Wildman–Crippen MR) is 117 cm³/mol. The highest BCUT2D eigenvalue weighted by atomic mass is 79.9. The van der Waals surface area contributed by atoms with Crippen molar-refractivity contribution in [3.63, 3.8) is 0 Å². The minimum Gasteiger partial charge on any atom is -0.351 e. The molecule has 1 aromatic carbocycles. The number of anilines is 1. The molecule has 1 N–H and O–H groups in total. The van der Waals surface area contributed by atoms with E-state index >= 15 is 0 Å². The van der Waals surface area contributed by atoms with Crippen LogP contribution in [0.1, 0.15) is 34.7 Å². The van der Waals surface area contributed by atoms with Crippen molar-refractivity contribution >= 4 is 38.9 Å². The standard InChI is InChI=1S/C21H21BrN4S/c1-13-12-15(8-9-16(13)22)26-20(18-10-7-14(2)25(18)3)19(24-21(26)27)17-6-4-5-11-23-17/h4-12,19-20H,1-3H3,(H,24,27)/t19-,20+/m0/s1. The molecule has 6 heteroatoms. The molecule has 1 aliphatic heterocycles. The zero-order valence-corrected chi connectivity index (χ0v) is 17.9. The van der Waals surface area contributed by atoms with Gasteiger partial charge in [-0.3, -0.25) is 4.98 Å². The highest BCUT2D eigenvalue weighted by Gasteiger charge is 2.42. The Morgan fingerprint density at radius 1 is 1.11 bits per heavy atom. The summed E-state index contributed by atoms with van der Waals surface area (Å²) in [7, 11) is 2.10. The fourth-order valence-corrected chi connectivity index (χ4v) is 4.23. The largest absolute Gasteiger partial charge is 0.351 e. The monoisotopic (exact) mass is 440 g/mol. The summed E-state index contributed by atoms with van der Waals surface area (Å²) in [6.45, 7) is 4.21. The Morgan fingerprint density at radius 2 is 1.93 bits per heavy atom. The maximum atomic E-state index is 5.77. The fraction of sp³-hybridized carbons (Fsp3) is 0.238. The number of hydrogen-bond acceptors (Lipinski definition) is 2. The van der Waals surface area contributed by atoms with Crippen molar-refractivity contribution in [3.8, 4) is 0 Å². The molecule has 0 radical (unpaired) electrons. The van der Waals surface area contributed by atoms with E-state index in [0.29, 0.717) is 0 Å². The van der Waals surface area contributed by atoms with Crippen molar-refractivity contribution in [1.82, 2.24) is 14.9 Å². The van der Waals surface area contributed by atoms with Gasteiger partial charge in [0.15, 0.2) is 5.11 Å². The van der Waals surface area contributed by atoms with Gasteiger partial charge in [-0.25, -0.2) is 0 Å². The van der Waals surface area contributed by atoms with Crippen molar-refractivity contribution in [2.45, 2.75) is 25.9 Å². The first-order chi connectivity index (χ1) is 13.0. The van der Waals surface area contributed by atoms with Crippen molar-refractivity contribution in [3.05, 3.63) is 81.8 Å². The summed E-state index contributed by atoms with van der Waals surface area (Å²) in [5.41, 5.74) is 5.67. The number of hydrogen-bond donors (Lipinski definition) is 1. The Morgan fingerprint density at radius 3 is 2.56 bits per heavy atom. The summed E-state index contributed by atoms with van der Waals surface area (Å²) in [4.78, 5) is 6.81. The van der Waals surface area contributed by atoms with Crippen LogP contribution >= 0.6 is 28.1 Å². The number of nitrogens with zero attached hydrogens (tertiary/aromatic N) is 3. The van der Waals surface area contributed by atoms with Crippen LogP contribution < -0.4 is 10.2 Å². The molecule has 4 rings (SSSR count). The fourth-order valence-electron chi connectivity index (χ4n) is 3.64. The van der Waals surface area contributed by atoms with Gasteiger partial charge in [0.2, 0.25) is 0 Å². The average Bonchev–Trinajstić information content (AvgIpc) is 3.18. The number of halogens is 1. The number of aromatic nitrogens is 2. The SMILES string of the molecule is Cc1cc(N2C(=S)N[C@@H](c3ccccn3)[C@H]2c2ccc(C)n2C)ccc1Br. The zero-order chi connectivity index (χ0) is 19.1. The normalized spacial score (nSPS) is 19.4. The summed E-state index contributed by atoms with van der Waals surface area (Å²) in [5.74, 6) is 0. The number of rotatable bonds is 3. The van der Waals surface area contributed by atoms with Gasteiger partial charge >= 0.3 is 0 Å². The third-order valence-corrected chi connectivity index (χ3v) is 6.44. The van der Waals surface area contributed by atoms with E-state index in [2.05, 4.69) is 93.0 Å². The first-order valence-electron chi connectivity index (χ1n) is 8.86. The molecule has 138 valence electrons. The Labute approximate surface area is 173 Å². The molecule has 3 aromatic rings. The van der Waals surface area contributed by atoms with Crippen molar-refractivity contribution in [2.24, 2.45) is 7.05 Å². The lowest BCUT2D eigenvalue weighted by Gasteiger charge is -2.29. The van der Waals surface area contributed by atoms with Crippen LogP contribution in [-0.4, -0.2) is 14.7 Å². The van der Waals surface area contributed by atoms with Gasteiger partial charge in [-0.15, -0.1) is 0 Å². The van der Waals surface area contributed by atoms with Crippen LogP contribution in [0.5, 0.6) is 0 Å². The molecule has 2 atom stereocenters. The number of benzene rings is 1. The number of thiocarbonyl (C=S) groups is 1. The highest BCUT2D eigenvalue weighted by Crippen LogP contribution is 2.42. The van der Waals surface area contributed by atoms with Gasteiger partial charge in [0, 0.05) is 34.8 Å². The van der Waals surface area contributed by atoms with Crippen molar-refractivity contribution in [2.75, 3.05) is 4.90 Å². The lowest BCUT2D eigenvalue weighted by Crippen LogP contribution is -2.30. The maximum absolute atomic E-state index is 5.77. The molecular formula is C21H21BrN4S. The van der Waals surface area contributed by atoms with Crippen LogP contribution in [0, 0.1) is 13.8 Å². The summed E-state index contributed by atoms with van der Waals surface area (Å²) >= 11 is 9.36. The predicted octanol–water partition coefficient (Wildman–Crippen LogP) is 4.98. The molecule has 0 spiro atoms. The molecule has 1 fully saturated rings. The molecular weight excluding hydrogens is 420 g/mol. The third kappa shape index (κ3) is 3.17. The molecule has 0 saturated carbocycles. The number of aryl methyl sites for hydroxylation is 2. The minimum atomic E-state index is -0.0179. The van der Waals surface area contributed by atoms with Crippen LogP contribution in [0.15, 0.2) is 59.2 Å². The Balaban J connectivity index is 1.87. The average molecular weight is 441 g/mol. The van der Waals surface area contributed by atoms with E-state index in [1.54, 1.807) is 0 Å². The van der Waals surface area contributed by atoms with Crippen molar-refractivity contribution in [1.29, 1.82) is 0 Å². The number of pyridine rings is 1. The first-order valence-corrected chi connectivity index (χ1v) is 10.1. The van der Waals surface area contributed by atoms with E-state index in [9.17, 15) is 0 Å². The molecule has 0 unspecified atom stereocenters. The van der Waals surface area contributed by atoms with Gasteiger partial charge in [-0.05, 0) is 74.1 Å². The molecule has 2 aromatic heterocycles. The van der Waals surface area contributed by atoms with E-state index in [1.807, 2.05) is 18.3 Å². The van der Waals surface area contributed by atoms with Crippen LogP contribution in [0.2, 0.25) is 0 Å². The molecule has 4 nitrogen and oxygen atoms in total. The molecule has 0 bridgehead atoms. The van der Waals surface area contributed by atoms with Gasteiger partial charge in [0.1, 0.15) is 6.04 Å². The van der Waals surface area contributed by atoms with Gasteiger partial charge in [0.05, 0.1) is 11.7 Å².